The van der Waals surface area contributed by atoms with Crippen LogP contribution in [0.3, 0.4) is 0 Å². The third-order valence-electron chi connectivity index (χ3n) is 4.13. The number of aromatic nitrogens is 3. The zero-order chi connectivity index (χ0) is 18.8. The Bertz CT molecular complexity index is 1180. The van der Waals surface area contributed by atoms with Crippen molar-refractivity contribution in [1.29, 1.82) is 0 Å². The lowest BCUT2D eigenvalue weighted by molar-refractivity contribution is -0.116. The maximum atomic E-state index is 13.0. The second-order valence-corrected chi connectivity index (χ2v) is 6.32. The highest BCUT2D eigenvalue weighted by atomic mass is 35.5. The fourth-order valence-electron chi connectivity index (χ4n) is 2.95. The number of para-hydroxylation sites is 2. The van der Waals surface area contributed by atoms with Crippen molar-refractivity contribution in [1.82, 2.24) is 14.3 Å². The van der Waals surface area contributed by atoms with Crippen molar-refractivity contribution >= 4 is 34.2 Å². The van der Waals surface area contributed by atoms with E-state index >= 15 is 0 Å². The first kappa shape index (κ1) is 17.1. The Morgan fingerprint density at radius 3 is 2.52 bits per heavy atom. The Hall–Kier alpha value is -3.38. The van der Waals surface area contributed by atoms with E-state index in [0.717, 1.165) is 0 Å². The van der Waals surface area contributed by atoms with Gasteiger partial charge >= 0.3 is 0 Å². The van der Waals surface area contributed by atoms with Crippen molar-refractivity contribution < 1.29 is 4.79 Å². The third-order valence-corrected chi connectivity index (χ3v) is 4.45. The summed E-state index contributed by atoms with van der Waals surface area (Å²) in [5, 5.41) is 3.65. The summed E-state index contributed by atoms with van der Waals surface area (Å²) in [5.41, 5.74) is 1.32. The summed E-state index contributed by atoms with van der Waals surface area (Å²) in [6, 6.07) is 19.5. The normalized spacial score (nSPS) is 10.9. The quantitative estimate of drug-likeness (QED) is 0.591. The molecule has 7 heteroatoms. The smallest absolute Gasteiger partial charge is 0.281 e. The molecular formula is C20H15ClN4O2. The lowest BCUT2D eigenvalue weighted by Gasteiger charge is -2.13. The maximum Gasteiger partial charge on any atom is 0.281 e. The van der Waals surface area contributed by atoms with Crippen molar-refractivity contribution in [2.24, 2.45) is 0 Å². The fraction of sp³-hybridized carbons (Fsp3) is 0.0500. The van der Waals surface area contributed by atoms with Crippen molar-refractivity contribution in [3.8, 4) is 5.69 Å². The Kier molecular flexibility index (Phi) is 4.48. The Morgan fingerprint density at radius 1 is 1.00 bits per heavy atom. The van der Waals surface area contributed by atoms with Crippen molar-refractivity contribution in [3.63, 3.8) is 0 Å². The molecule has 2 aromatic carbocycles. The first-order chi connectivity index (χ1) is 13.1. The predicted octanol–water partition coefficient (Wildman–Crippen LogP) is 3.48. The zero-order valence-electron chi connectivity index (χ0n) is 14.2. The summed E-state index contributed by atoms with van der Waals surface area (Å²) in [6.07, 6.45) is 1.59. The molecule has 0 unspecified atom stereocenters. The molecule has 4 aromatic rings. The lowest BCUT2D eigenvalue weighted by atomic mass is 10.3. The molecule has 27 heavy (non-hydrogen) atoms. The van der Waals surface area contributed by atoms with Crippen LogP contribution in [-0.4, -0.2) is 20.3 Å². The SMILES string of the molecule is O=C(Cn1c2ncccc2c(=O)n1-c1ccccc1Cl)Nc1ccccc1. The van der Waals surface area contributed by atoms with Crippen LogP contribution in [0.5, 0.6) is 0 Å². The molecule has 0 saturated carbocycles. The number of anilines is 1. The molecule has 2 aromatic heterocycles. The van der Waals surface area contributed by atoms with Crippen LogP contribution in [0.1, 0.15) is 0 Å². The van der Waals surface area contributed by atoms with Crippen LogP contribution < -0.4 is 10.9 Å². The highest BCUT2D eigenvalue weighted by molar-refractivity contribution is 6.32. The van der Waals surface area contributed by atoms with Crippen molar-refractivity contribution in [2.75, 3.05) is 5.32 Å². The Balaban J connectivity index is 1.82. The molecule has 0 aliphatic rings. The molecule has 1 N–H and O–H groups in total. The summed E-state index contributed by atoms with van der Waals surface area (Å²) in [4.78, 5) is 29.8. The van der Waals surface area contributed by atoms with Gasteiger partial charge in [-0.05, 0) is 36.4 Å². The number of halogens is 1. The maximum absolute atomic E-state index is 13.0. The van der Waals surface area contributed by atoms with Gasteiger partial charge in [-0.25, -0.2) is 9.67 Å². The summed E-state index contributed by atoms with van der Waals surface area (Å²) in [7, 11) is 0. The molecule has 0 atom stereocenters. The summed E-state index contributed by atoms with van der Waals surface area (Å²) < 4.78 is 2.93. The molecular weight excluding hydrogens is 364 g/mol. The van der Waals surface area contributed by atoms with Gasteiger partial charge in [-0.15, -0.1) is 0 Å². The zero-order valence-corrected chi connectivity index (χ0v) is 14.9. The number of hydrogen-bond acceptors (Lipinski definition) is 3. The van der Waals surface area contributed by atoms with Gasteiger partial charge in [-0.2, -0.15) is 0 Å². The van der Waals surface area contributed by atoms with Gasteiger partial charge in [0.05, 0.1) is 16.1 Å². The number of nitrogens with zero attached hydrogens (tertiary/aromatic N) is 3. The number of fused-ring (bicyclic) bond motifs is 1. The molecule has 0 aliphatic carbocycles. The first-order valence-electron chi connectivity index (χ1n) is 8.31. The minimum Gasteiger partial charge on any atom is -0.324 e. The number of carbonyl (C=O) groups excluding carboxylic acids is 1. The summed E-state index contributed by atoms with van der Waals surface area (Å²) in [5.74, 6) is -0.274. The van der Waals surface area contributed by atoms with E-state index in [1.54, 1.807) is 54.7 Å². The van der Waals surface area contributed by atoms with Crippen LogP contribution in [0, 0.1) is 0 Å². The molecule has 2 heterocycles. The van der Waals surface area contributed by atoms with Crippen LogP contribution in [0.4, 0.5) is 5.69 Å². The van der Waals surface area contributed by atoms with Crippen LogP contribution in [-0.2, 0) is 11.3 Å². The summed E-state index contributed by atoms with van der Waals surface area (Å²) >= 11 is 6.30. The highest BCUT2D eigenvalue weighted by Crippen LogP contribution is 2.21. The van der Waals surface area contributed by atoms with Crippen LogP contribution in [0.2, 0.25) is 5.02 Å². The first-order valence-corrected chi connectivity index (χ1v) is 8.69. The van der Waals surface area contributed by atoms with E-state index in [0.29, 0.717) is 27.4 Å². The van der Waals surface area contributed by atoms with Crippen molar-refractivity contribution in [2.45, 2.75) is 6.54 Å². The number of rotatable bonds is 4. The third kappa shape index (κ3) is 3.22. The molecule has 6 nitrogen and oxygen atoms in total. The van der Waals surface area contributed by atoms with Gasteiger partial charge < -0.3 is 5.32 Å². The average molecular weight is 379 g/mol. The van der Waals surface area contributed by atoms with E-state index in [4.69, 9.17) is 11.6 Å². The van der Waals surface area contributed by atoms with Gasteiger partial charge in [0.15, 0.2) is 5.65 Å². The number of hydrogen-bond donors (Lipinski definition) is 1. The standard InChI is InChI=1S/C20H15ClN4O2/c21-16-10-4-5-11-17(16)25-20(27)15-9-6-12-22-19(15)24(25)13-18(26)23-14-7-2-1-3-8-14/h1-12H,13H2,(H,23,26). The van der Waals surface area contributed by atoms with Gasteiger partial charge in [0.2, 0.25) is 5.91 Å². The minimum atomic E-state index is -0.279. The molecule has 0 radical (unpaired) electrons. The largest absolute Gasteiger partial charge is 0.324 e. The second kappa shape index (κ2) is 7.09. The van der Waals surface area contributed by atoms with E-state index in [2.05, 4.69) is 10.3 Å². The predicted molar refractivity (Wildman–Crippen MR) is 105 cm³/mol. The minimum absolute atomic E-state index is 0.0874. The van der Waals surface area contributed by atoms with Gasteiger partial charge in [0.1, 0.15) is 6.54 Å². The molecule has 0 fully saturated rings. The second-order valence-electron chi connectivity index (χ2n) is 5.91. The lowest BCUT2D eigenvalue weighted by Crippen LogP contribution is -2.27. The molecule has 4 rings (SSSR count). The average Bonchev–Trinajstić information content (AvgIpc) is 2.95. The van der Waals surface area contributed by atoms with E-state index < -0.39 is 0 Å². The van der Waals surface area contributed by atoms with Crippen molar-refractivity contribution in [3.05, 3.63) is 88.3 Å². The van der Waals surface area contributed by atoms with Gasteiger partial charge in [0, 0.05) is 11.9 Å². The Labute approximate surface area is 159 Å². The van der Waals surface area contributed by atoms with Gasteiger partial charge in [-0.3, -0.25) is 14.3 Å². The molecule has 0 spiro atoms. The number of nitrogens with one attached hydrogen (secondary N) is 1. The van der Waals surface area contributed by atoms with Gasteiger partial charge in [-0.1, -0.05) is 41.9 Å². The molecule has 1 amide bonds. The molecule has 0 aliphatic heterocycles. The Morgan fingerprint density at radius 2 is 1.74 bits per heavy atom. The monoisotopic (exact) mass is 378 g/mol. The molecule has 0 bridgehead atoms. The van der Waals surface area contributed by atoms with Crippen LogP contribution in [0.15, 0.2) is 77.7 Å². The van der Waals surface area contributed by atoms with Crippen LogP contribution >= 0.6 is 11.6 Å². The van der Waals surface area contributed by atoms with E-state index in [1.807, 2.05) is 18.2 Å². The van der Waals surface area contributed by atoms with E-state index in [-0.39, 0.29) is 18.0 Å². The van der Waals surface area contributed by atoms with E-state index in [1.165, 1.54) is 9.36 Å². The number of benzene rings is 2. The number of amides is 1. The molecule has 0 saturated heterocycles. The molecule has 134 valence electrons. The van der Waals surface area contributed by atoms with E-state index in [9.17, 15) is 9.59 Å². The highest BCUT2D eigenvalue weighted by Gasteiger charge is 2.19. The summed E-state index contributed by atoms with van der Waals surface area (Å²) in [6.45, 7) is -0.0874. The van der Waals surface area contributed by atoms with Crippen LogP contribution in [0.25, 0.3) is 16.7 Å². The topological polar surface area (TPSA) is 68.9 Å². The fourth-order valence-corrected chi connectivity index (χ4v) is 3.17. The number of pyridine rings is 1. The van der Waals surface area contributed by atoms with Gasteiger partial charge in [0.25, 0.3) is 5.56 Å². The number of carbonyl (C=O) groups is 1.